The zero-order valence-electron chi connectivity index (χ0n) is 13.9. The van der Waals surface area contributed by atoms with Crippen molar-refractivity contribution in [2.24, 2.45) is 5.92 Å². The number of amides is 1. The number of phenols is 1. The Morgan fingerprint density at radius 3 is 2.84 bits per heavy atom. The molecule has 0 saturated carbocycles. The van der Waals surface area contributed by atoms with Gasteiger partial charge in [-0.05, 0) is 12.5 Å². The lowest BCUT2D eigenvalue weighted by Crippen LogP contribution is -2.32. The van der Waals surface area contributed by atoms with Crippen LogP contribution in [-0.2, 0) is 21.4 Å². The molecule has 1 aromatic carbocycles. The van der Waals surface area contributed by atoms with Crippen molar-refractivity contribution in [3.05, 3.63) is 17.4 Å². The summed E-state index contributed by atoms with van der Waals surface area (Å²) in [4.78, 5) is 11.4. The maximum Gasteiger partial charge on any atom is 0.326 e. The van der Waals surface area contributed by atoms with Crippen molar-refractivity contribution in [2.45, 2.75) is 26.4 Å². The largest absolute Gasteiger partial charge is 0.505 e. The standard InChI is InChI=1S/C15H20FN3O5S/c1-8(2)5-17-6-9-3-10-12(24-9)4-11(20)15(14(10)16)19-7-13(21)18-25(19,22)23/h4,8-9,17,20H,3,5-7H2,1-2H3,(H,18,21). The van der Waals surface area contributed by atoms with E-state index in [1.54, 1.807) is 4.72 Å². The Labute approximate surface area is 145 Å². The Morgan fingerprint density at radius 1 is 1.52 bits per heavy atom. The second-order valence-corrected chi connectivity index (χ2v) is 8.16. The summed E-state index contributed by atoms with van der Waals surface area (Å²) >= 11 is 0. The van der Waals surface area contributed by atoms with Crippen molar-refractivity contribution in [2.75, 3.05) is 23.9 Å². The fourth-order valence-corrected chi connectivity index (χ4v) is 4.08. The Hall–Kier alpha value is -2.07. The molecule has 10 heteroatoms. The number of fused-ring (bicyclic) bond motifs is 1. The van der Waals surface area contributed by atoms with E-state index in [0.29, 0.717) is 16.8 Å². The van der Waals surface area contributed by atoms with E-state index in [1.807, 2.05) is 0 Å². The summed E-state index contributed by atoms with van der Waals surface area (Å²) in [5.74, 6) is -1.62. The van der Waals surface area contributed by atoms with Crippen molar-refractivity contribution < 1.29 is 27.4 Å². The van der Waals surface area contributed by atoms with Crippen LogP contribution in [0.25, 0.3) is 0 Å². The van der Waals surface area contributed by atoms with Crippen LogP contribution in [0.5, 0.6) is 11.5 Å². The monoisotopic (exact) mass is 373 g/mol. The third kappa shape index (κ3) is 3.36. The predicted octanol–water partition coefficient (Wildman–Crippen LogP) is 0.261. The fraction of sp³-hybridized carbons (Fsp3) is 0.533. The first-order valence-corrected chi connectivity index (χ1v) is 9.38. The first-order chi connectivity index (χ1) is 11.7. The molecule has 0 radical (unpaired) electrons. The van der Waals surface area contributed by atoms with E-state index in [2.05, 4.69) is 19.2 Å². The van der Waals surface area contributed by atoms with E-state index in [0.717, 1.165) is 6.54 Å². The fourth-order valence-electron chi connectivity index (χ4n) is 2.92. The average molecular weight is 373 g/mol. The zero-order valence-corrected chi connectivity index (χ0v) is 14.7. The van der Waals surface area contributed by atoms with E-state index < -0.39 is 39.9 Å². The number of carbonyl (C=O) groups excluding carboxylic acids is 1. The number of nitrogens with zero attached hydrogens (tertiary/aromatic N) is 1. The van der Waals surface area contributed by atoms with Crippen molar-refractivity contribution >= 4 is 21.8 Å². The highest BCUT2D eigenvalue weighted by molar-refractivity contribution is 7.92. The molecule has 0 bridgehead atoms. The Bertz CT molecular complexity index is 812. The van der Waals surface area contributed by atoms with Crippen molar-refractivity contribution in [3.8, 4) is 11.5 Å². The average Bonchev–Trinajstić information content (AvgIpc) is 2.99. The molecule has 1 aromatic rings. The summed E-state index contributed by atoms with van der Waals surface area (Å²) < 4.78 is 46.6. The van der Waals surface area contributed by atoms with E-state index in [-0.39, 0.29) is 23.8 Å². The van der Waals surface area contributed by atoms with Gasteiger partial charge in [-0.3, -0.25) is 4.79 Å². The normalized spacial score (nSPS) is 21.4. The molecule has 0 spiro atoms. The SMILES string of the molecule is CC(C)CNCC1Cc2c(cc(O)c(N3CC(=O)NS3(=O)=O)c2F)O1. The number of rotatable bonds is 5. The summed E-state index contributed by atoms with van der Waals surface area (Å²) in [6.07, 6.45) is -0.0673. The van der Waals surface area contributed by atoms with Crippen LogP contribution in [0.2, 0.25) is 0 Å². The van der Waals surface area contributed by atoms with Crippen LogP contribution < -0.4 is 19.1 Å². The molecule has 0 aliphatic carbocycles. The number of carbonyl (C=O) groups is 1. The molecule has 2 heterocycles. The summed E-state index contributed by atoms with van der Waals surface area (Å²) in [5.41, 5.74) is -0.338. The summed E-state index contributed by atoms with van der Waals surface area (Å²) in [7, 11) is -4.21. The second kappa shape index (κ2) is 6.34. The lowest BCUT2D eigenvalue weighted by Gasteiger charge is -2.18. The molecule has 8 nitrogen and oxygen atoms in total. The number of ether oxygens (including phenoxy) is 1. The van der Waals surface area contributed by atoms with Gasteiger partial charge in [-0.2, -0.15) is 8.42 Å². The number of benzene rings is 1. The minimum Gasteiger partial charge on any atom is -0.505 e. The first kappa shape index (κ1) is 17.7. The minimum absolute atomic E-state index is 0.186. The second-order valence-electron chi connectivity index (χ2n) is 6.57. The molecule has 1 saturated heterocycles. The van der Waals surface area contributed by atoms with E-state index in [4.69, 9.17) is 4.74 Å². The van der Waals surface area contributed by atoms with Gasteiger partial charge >= 0.3 is 10.2 Å². The van der Waals surface area contributed by atoms with Gasteiger partial charge in [-0.15, -0.1) is 0 Å². The highest BCUT2D eigenvalue weighted by atomic mass is 32.2. The molecule has 1 atom stereocenters. The van der Waals surface area contributed by atoms with Crippen LogP contribution in [0.15, 0.2) is 6.07 Å². The van der Waals surface area contributed by atoms with Crippen molar-refractivity contribution in [3.63, 3.8) is 0 Å². The summed E-state index contributed by atoms with van der Waals surface area (Å²) in [6, 6.07) is 1.19. The van der Waals surface area contributed by atoms with Gasteiger partial charge in [-0.25, -0.2) is 13.4 Å². The molecule has 3 N–H and O–H groups in total. The molecule has 2 aliphatic rings. The molecule has 138 valence electrons. The minimum atomic E-state index is -4.21. The molecule has 1 unspecified atom stereocenters. The van der Waals surface area contributed by atoms with Crippen LogP contribution in [0.3, 0.4) is 0 Å². The van der Waals surface area contributed by atoms with E-state index in [1.165, 1.54) is 6.07 Å². The van der Waals surface area contributed by atoms with Gasteiger partial charge in [0.05, 0.1) is 0 Å². The number of hydrogen-bond acceptors (Lipinski definition) is 6. The van der Waals surface area contributed by atoms with Crippen LogP contribution in [0.1, 0.15) is 19.4 Å². The van der Waals surface area contributed by atoms with Gasteiger partial charge in [0.1, 0.15) is 29.8 Å². The Balaban J connectivity index is 1.86. The first-order valence-electron chi connectivity index (χ1n) is 7.94. The molecular weight excluding hydrogens is 353 g/mol. The quantitative estimate of drug-likeness (QED) is 0.683. The Morgan fingerprint density at radius 2 is 2.24 bits per heavy atom. The third-order valence-corrected chi connectivity index (χ3v) is 5.38. The number of nitrogens with one attached hydrogen (secondary N) is 2. The van der Waals surface area contributed by atoms with E-state index in [9.17, 15) is 22.7 Å². The third-order valence-electron chi connectivity index (χ3n) is 4.00. The topological polar surface area (TPSA) is 108 Å². The van der Waals surface area contributed by atoms with Crippen LogP contribution in [-0.4, -0.2) is 45.2 Å². The molecule has 1 amide bonds. The van der Waals surface area contributed by atoms with Gasteiger partial charge < -0.3 is 15.2 Å². The number of phenolic OH excluding ortho intramolecular Hbond substituents is 1. The number of hydrogen-bond donors (Lipinski definition) is 3. The van der Waals surface area contributed by atoms with Gasteiger partial charge in [-0.1, -0.05) is 13.8 Å². The highest BCUT2D eigenvalue weighted by Crippen LogP contribution is 2.43. The van der Waals surface area contributed by atoms with Crippen molar-refractivity contribution in [1.29, 1.82) is 0 Å². The summed E-state index contributed by atoms with van der Waals surface area (Å²) in [6.45, 7) is 4.84. The van der Waals surface area contributed by atoms with Crippen LogP contribution in [0.4, 0.5) is 10.1 Å². The zero-order chi connectivity index (χ0) is 18.4. The molecular formula is C15H20FN3O5S. The highest BCUT2D eigenvalue weighted by Gasteiger charge is 2.40. The smallest absolute Gasteiger partial charge is 0.326 e. The number of aromatic hydroxyl groups is 1. The Kier molecular flexibility index (Phi) is 4.50. The molecule has 1 fully saturated rings. The molecule has 0 aromatic heterocycles. The predicted molar refractivity (Wildman–Crippen MR) is 88.3 cm³/mol. The van der Waals surface area contributed by atoms with Crippen LogP contribution in [0, 0.1) is 11.7 Å². The van der Waals surface area contributed by atoms with Crippen LogP contribution >= 0.6 is 0 Å². The van der Waals surface area contributed by atoms with Gasteiger partial charge in [0.15, 0.2) is 5.82 Å². The van der Waals surface area contributed by atoms with E-state index >= 15 is 0 Å². The van der Waals surface area contributed by atoms with Gasteiger partial charge in [0.2, 0.25) is 0 Å². The molecule has 3 rings (SSSR count). The summed E-state index contributed by atoms with van der Waals surface area (Å²) in [5, 5.41) is 13.3. The molecule has 2 aliphatic heterocycles. The number of halogens is 1. The van der Waals surface area contributed by atoms with Gasteiger partial charge in [0, 0.05) is 24.6 Å². The lowest BCUT2D eigenvalue weighted by atomic mass is 10.1. The number of anilines is 1. The van der Waals surface area contributed by atoms with Gasteiger partial charge in [0.25, 0.3) is 5.91 Å². The van der Waals surface area contributed by atoms with Crippen molar-refractivity contribution in [1.82, 2.24) is 10.0 Å². The maximum absolute atomic E-state index is 14.9. The molecule has 25 heavy (non-hydrogen) atoms. The maximum atomic E-state index is 14.9. The lowest BCUT2D eigenvalue weighted by molar-refractivity contribution is -0.117.